The number of carbonyl (C=O) groups is 2. The zero-order valence-corrected chi connectivity index (χ0v) is 11.3. The van der Waals surface area contributed by atoms with E-state index in [-0.39, 0.29) is 12.8 Å². The Morgan fingerprint density at radius 1 is 1.05 bits per heavy atom. The van der Waals surface area contributed by atoms with Crippen LogP contribution in [0.15, 0.2) is 0 Å². The lowest BCUT2D eigenvalue weighted by atomic mass is 10.0. The summed E-state index contributed by atoms with van der Waals surface area (Å²) in [5, 5.41) is 46.0. The van der Waals surface area contributed by atoms with Crippen LogP contribution in [0.3, 0.4) is 0 Å². The fourth-order valence-electron chi connectivity index (χ4n) is 1.35. The number of nitrogens with two attached hydrogens (primary N) is 2. The monoisotopic (exact) mass is 310 g/mol. The fourth-order valence-corrected chi connectivity index (χ4v) is 1.35. The van der Waals surface area contributed by atoms with Crippen LogP contribution in [0, 0.1) is 0 Å². The van der Waals surface area contributed by atoms with Crippen LogP contribution in [0.5, 0.6) is 0 Å². The van der Waals surface area contributed by atoms with Gasteiger partial charge in [-0.3, -0.25) is 9.59 Å². The molecular formula is C11H22N2O8. The first-order valence-electron chi connectivity index (χ1n) is 6.24. The number of aliphatic hydroxyl groups is 5. The van der Waals surface area contributed by atoms with Gasteiger partial charge in [0.2, 0.25) is 5.91 Å². The van der Waals surface area contributed by atoms with E-state index in [1.807, 2.05) is 0 Å². The highest BCUT2D eigenvalue weighted by Crippen LogP contribution is 2.06. The molecule has 0 fully saturated rings. The quantitative estimate of drug-likeness (QED) is 0.195. The lowest BCUT2D eigenvalue weighted by Crippen LogP contribution is -2.48. The Morgan fingerprint density at radius 3 is 2.05 bits per heavy atom. The van der Waals surface area contributed by atoms with Crippen molar-refractivity contribution in [2.45, 2.75) is 43.3 Å². The average molecular weight is 310 g/mol. The standard InChI is InChI=1S/C11H22N2O8/c12-5(1-2-8(13)17)11(20)21-4-7(16)10(19)9(18)6(15)3-14/h5-7,9-10,14-16,18-19H,1-4,12H2,(H2,13,17)/t5-,6+,7+,9+,10+/m0/s1. The number of primary amides is 1. The zero-order chi connectivity index (χ0) is 16.6. The summed E-state index contributed by atoms with van der Waals surface area (Å²) in [6.07, 6.45) is -7.12. The van der Waals surface area contributed by atoms with Crippen molar-refractivity contribution in [1.29, 1.82) is 0 Å². The molecule has 124 valence electrons. The minimum Gasteiger partial charge on any atom is -0.462 e. The minimum atomic E-state index is -1.83. The lowest BCUT2D eigenvalue weighted by molar-refractivity contribution is -0.157. The number of carbonyl (C=O) groups excluding carboxylic acids is 2. The Labute approximate surface area is 120 Å². The van der Waals surface area contributed by atoms with Gasteiger partial charge < -0.3 is 41.7 Å². The molecule has 10 nitrogen and oxygen atoms in total. The largest absolute Gasteiger partial charge is 0.462 e. The Bertz CT molecular complexity index is 340. The highest BCUT2D eigenvalue weighted by Gasteiger charge is 2.31. The summed E-state index contributed by atoms with van der Waals surface area (Å²) in [6, 6.07) is -1.12. The molecule has 5 atom stereocenters. The highest BCUT2D eigenvalue weighted by atomic mass is 16.5. The number of amides is 1. The molecule has 0 aromatic carbocycles. The number of esters is 1. The molecule has 10 heteroatoms. The van der Waals surface area contributed by atoms with Gasteiger partial charge in [0.05, 0.1) is 6.61 Å². The van der Waals surface area contributed by atoms with Crippen LogP contribution in [-0.2, 0) is 14.3 Å². The predicted molar refractivity (Wildman–Crippen MR) is 68.5 cm³/mol. The summed E-state index contributed by atoms with van der Waals surface area (Å²) in [4.78, 5) is 21.9. The molecule has 0 aromatic rings. The van der Waals surface area contributed by atoms with Crippen LogP contribution in [-0.4, -0.2) is 81.1 Å². The Balaban J connectivity index is 4.19. The third-order valence-electron chi connectivity index (χ3n) is 2.73. The van der Waals surface area contributed by atoms with Gasteiger partial charge >= 0.3 is 5.97 Å². The number of aliphatic hydroxyl groups excluding tert-OH is 5. The summed E-state index contributed by atoms with van der Waals surface area (Å²) < 4.78 is 4.60. The topological polar surface area (TPSA) is 197 Å². The Hall–Kier alpha value is -1.30. The lowest BCUT2D eigenvalue weighted by Gasteiger charge is -2.25. The van der Waals surface area contributed by atoms with Crippen molar-refractivity contribution in [3.8, 4) is 0 Å². The highest BCUT2D eigenvalue weighted by molar-refractivity contribution is 5.78. The van der Waals surface area contributed by atoms with E-state index < -0.39 is 55.5 Å². The van der Waals surface area contributed by atoms with Crippen LogP contribution in [0.2, 0.25) is 0 Å². The molecule has 0 aliphatic heterocycles. The van der Waals surface area contributed by atoms with Crippen LogP contribution in [0.4, 0.5) is 0 Å². The number of rotatable bonds is 10. The van der Waals surface area contributed by atoms with Gasteiger partial charge in [0.25, 0.3) is 0 Å². The van der Waals surface area contributed by atoms with Gasteiger partial charge in [0.1, 0.15) is 37.1 Å². The summed E-state index contributed by atoms with van der Waals surface area (Å²) >= 11 is 0. The number of hydrogen-bond donors (Lipinski definition) is 7. The van der Waals surface area contributed by atoms with E-state index in [0.29, 0.717) is 0 Å². The van der Waals surface area contributed by atoms with Gasteiger partial charge in [-0.1, -0.05) is 0 Å². The second kappa shape index (κ2) is 9.60. The van der Waals surface area contributed by atoms with Gasteiger partial charge in [-0.15, -0.1) is 0 Å². The van der Waals surface area contributed by atoms with E-state index in [0.717, 1.165) is 0 Å². The molecular weight excluding hydrogens is 288 g/mol. The van der Waals surface area contributed by atoms with Crippen molar-refractivity contribution in [3.63, 3.8) is 0 Å². The molecule has 9 N–H and O–H groups in total. The van der Waals surface area contributed by atoms with Crippen LogP contribution < -0.4 is 11.5 Å². The second-order valence-electron chi connectivity index (χ2n) is 4.54. The smallest absolute Gasteiger partial charge is 0.323 e. The first-order valence-corrected chi connectivity index (χ1v) is 6.24. The molecule has 0 aliphatic rings. The van der Waals surface area contributed by atoms with Crippen LogP contribution in [0.25, 0.3) is 0 Å². The Kier molecular flexibility index (Phi) is 9.01. The van der Waals surface area contributed by atoms with Crippen LogP contribution >= 0.6 is 0 Å². The second-order valence-corrected chi connectivity index (χ2v) is 4.54. The molecule has 21 heavy (non-hydrogen) atoms. The number of ether oxygens (including phenoxy) is 1. The first kappa shape index (κ1) is 19.7. The Morgan fingerprint density at radius 2 is 1.57 bits per heavy atom. The van der Waals surface area contributed by atoms with E-state index in [2.05, 4.69) is 4.74 Å². The van der Waals surface area contributed by atoms with Crippen LogP contribution in [0.1, 0.15) is 12.8 Å². The van der Waals surface area contributed by atoms with E-state index in [1.165, 1.54) is 0 Å². The summed E-state index contributed by atoms with van der Waals surface area (Å²) in [5.41, 5.74) is 10.3. The maximum Gasteiger partial charge on any atom is 0.323 e. The third-order valence-corrected chi connectivity index (χ3v) is 2.73. The molecule has 1 amide bonds. The van der Waals surface area contributed by atoms with Gasteiger partial charge in [-0.05, 0) is 6.42 Å². The maximum absolute atomic E-state index is 11.4. The summed E-state index contributed by atoms with van der Waals surface area (Å²) in [5.74, 6) is -1.55. The SMILES string of the molecule is NC(=O)CC[C@H](N)C(=O)OC[C@@H](O)[C@@H](O)[C@H](O)[C@H](O)CO. The fraction of sp³-hybridized carbons (Fsp3) is 0.818. The summed E-state index contributed by atoms with van der Waals surface area (Å²) in [7, 11) is 0. The molecule has 0 unspecified atom stereocenters. The van der Waals surface area contributed by atoms with Crippen molar-refractivity contribution in [1.82, 2.24) is 0 Å². The van der Waals surface area contributed by atoms with E-state index in [9.17, 15) is 24.9 Å². The normalized spacial score (nSPS) is 18.4. The average Bonchev–Trinajstić information content (AvgIpc) is 2.46. The van der Waals surface area contributed by atoms with Crippen molar-refractivity contribution >= 4 is 11.9 Å². The van der Waals surface area contributed by atoms with Crippen molar-refractivity contribution < 1.29 is 39.9 Å². The van der Waals surface area contributed by atoms with Gasteiger partial charge in [0.15, 0.2) is 0 Å². The molecule has 0 aliphatic carbocycles. The molecule has 0 bridgehead atoms. The minimum absolute atomic E-state index is 0.0291. The van der Waals surface area contributed by atoms with E-state index >= 15 is 0 Å². The van der Waals surface area contributed by atoms with Gasteiger partial charge in [-0.25, -0.2) is 0 Å². The first-order chi connectivity index (χ1) is 9.70. The van der Waals surface area contributed by atoms with E-state index in [1.54, 1.807) is 0 Å². The van der Waals surface area contributed by atoms with Crippen molar-refractivity contribution in [3.05, 3.63) is 0 Å². The molecule has 0 saturated heterocycles. The summed E-state index contributed by atoms with van der Waals surface area (Å²) in [6.45, 7) is -1.50. The van der Waals surface area contributed by atoms with Crippen molar-refractivity contribution in [2.24, 2.45) is 11.5 Å². The zero-order valence-electron chi connectivity index (χ0n) is 11.3. The molecule has 0 spiro atoms. The third kappa shape index (κ3) is 7.32. The molecule has 0 saturated carbocycles. The van der Waals surface area contributed by atoms with Gasteiger partial charge in [-0.2, -0.15) is 0 Å². The van der Waals surface area contributed by atoms with E-state index in [4.69, 9.17) is 21.7 Å². The molecule has 0 heterocycles. The number of hydrogen-bond acceptors (Lipinski definition) is 9. The molecule has 0 aromatic heterocycles. The van der Waals surface area contributed by atoms with Gasteiger partial charge in [0, 0.05) is 6.42 Å². The molecule has 0 rings (SSSR count). The predicted octanol–water partition coefficient (Wildman–Crippen LogP) is -4.44. The maximum atomic E-state index is 11.4. The molecule has 0 radical (unpaired) electrons. The van der Waals surface area contributed by atoms with Crippen molar-refractivity contribution in [2.75, 3.05) is 13.2 Å².